The smallest absolute Gasteiger partial charge is 0.135 e. The molecule has 84 valence electrons. The lowest BCUT2D eigenvalue weighted by Crippen LogP contribution is -2.38. The van der Waals surface area contributed by atoms with Crippen molar-refractivity contribution in [2.24, 2.45) is 0 Å². The molecule has 0 unspecified atom stereocenters. The van der Waals surface area contributed by atoms with Gasteiger partial charge in [0.1, 0.15) is 9.82 Å². The highest BCUT2D eigenvalue weighted by molar-refractivity contribution is 7.81. The molecule has 3 rings (SSSR count). The lowest BCUT2D eigenvalue weighted by Gasteiger charge is -2.27. The SMILES string of the molecule is Cc1nc2sc(C(=S)NC3CCC3)cc2s1. The van der Waals surface area contributed by atoms with Gasteiger partial charge in [-0.1, -0.05) is 12.2 Å². The van der Waals surface area contributed by atoms with E-state index >= 15 is 0 Å². The average molecular weight is 268 g/mol. The zero-order chi connectivity index (χ0) is 11.1. The van der Waals surface area contributed by atoms with Gasteiger partial charge in [0.05, 0.1) is 14.6 Å². The van der Waals surface area contributed by atoms with Crippen molar-refractivity contribution in [3.63, 3.8) is 0 Å². The first-order valence-corrected chi connectivity index (χ1v) is 7.44. The van der Waals surface area contributed by atoms with Crippen molar-refractivity contribution in [2.75, 3.05) is 0 Å². The summed E-state index contributed by atoms with van der Waals surface area (Å²) in [7, 11) is 0. The van der Waals surface area contributed by atoms with Gasteiger partial charge in [0.25, 0.3) is 0 Å². The van der Waals surface area contributed by atoms with Crippen LogP contribution in [0.4, 0.5) is 0 Å². The van der Waals surface area contributed by atoms with E-state index in [2.05, 4.69) is 16.4 Å². The molecule has 1 aliphatic rings. The zero-order valence-corrected chi connectivity index (χ0v) is 11.4. The molecule has 2 aromatic heterocycles. The maximum Gasteiger partial charge on any atom is 0.135 e. The number of aryl methyl sites for hydroxylation is 1. The molecule has 16 heavy (non-hydrogen) atoms. The number of hydrogen-bond acceptors (Lipinski definition) is 4. The van der Waals surface area contributed by atoms with Crippen LogP contribution in [0.5, 0.6) is 0 Å². The van der Waals surface area contributed by atoms with Gasteiger partial charge < -0.3 is 5.32 Å². The Labute approximate surface area is 108 Å². The predicted octanol–water partition coefficient (Wildman–Crippen LogP) is 3.48. The summed E-state index contributed by atoms with van der Waals surface area (Å²) in [5, 5.41) is 4.55. The molecule has 1 fully saturated rings. The van der Waals surface area contributed by atoms with Gasteiger partial charge in [-0.25, -0.2) is 4.98 Å². The van der Waals surface area contributed by atoms with Gasteiger partial charge in [-0.3, -0.25) is 0 Å². The van der Waals surface area contributed by atoms with E-state index in [1.807, 2.05) is 6.92 Å². The highest BCUT2D eigenvalue weighted by Crippen LogP contribution is 2.30. The van der Waals surface area contributed by atoms with Crippen molar-refractivity contribution in [1.29, 1.82) is 0 Å². The van der Waals surface area contributed by atoms with Crippen LogP contribution in [0.3, 0.4) is 0 Å². The average Bonchev–Trinajstić information content (AvgIpc) is 2.67. The summed E-state index contributed by atoms with van der Waals surface area (Å²) < 4.78 is 1.26. The largest absolute Gasteiger partial charge is 0.372 e. The highest BCUT2D eigenvalue weighted by atomic mass is 32.1. The van der Waals surface area contributed by atoms with E-state index in [0.717, 1.165) is 19.7 Å². The van der Waals surface area contributed by atoms with Crippen molar-refractivity contribution in [3.05, 3.63) is 16.0 Å². The van der Waals surface area contributed by atoms with Crippen LogP contribution in [0.25, 0.3) is 9.53 Å². The molecule has 0 amide bonds. The summed E-state index contributed by atoms with van der Waals surface area (Å²) in [5.41, 5.74) is 0. The molecule has 1 saturated carbocycles. The fourth-order valence-corrected chi connectivity index (χ4v) is 4.14. The van der Waals surface area contributed by atoms with Crippen LogP contribution in [0.2, 0.25) is 0 Å². The van der Waals surface area contributed by atoms with E-state index < -0.39 is 0 Å². The molecule has 1 N–H and O–H groups in total. The molecule has 0 saturated heterocycles. The Morgan fingerprint density at radius 3 is 2.94 bits per heavy atom. The maximum absolute atomic E-state index is 5.41. The Hall–Kier alpha value is -0.520. The van der Waals surface area contributed by atoms with E-state index in [1.54, 1.807) is 22.7 Å². The molecule has 0 bridgehead atoms. The fraction of sp³-hybridized carbons (Fsp3) is 0.455. The predicted molar refractivity (Wildman–Crippen MR) is 74.7 cm³/mol. The first-order valence-electron chi connectivity index (χ1n) is 5.40. The van der Waals surface area contributed by atoms with Crippen LogP contribution in [0.15, 0.2) is 6.07 Å². The van der Waals surface area contributed by atoms with Crippen LogP contribution in [-0.4, -0.2) is 16.0 Å². The minimum atomic E-state index is 0.613. The van der Waals surface area contributed by atoms with Crippen molar-refractivity contribution in [3.8, 4) is 0 Å². The highest BCUT2D eigenvalue weighted by Gasteiger charge is 2.19. The van der Waals surface area contributed by atoms with Gasteiger partial charge in [0, 0.05) is 6.04 Å². The molecular formula is C11H12N2S3. The molecular weight excluding hydrogens is 256 g/mol. The number of hydrogen-bond donors (Lipinski definition) is 1. The molecule has 0 atom stereocenters. The first kappa shape index (κ1) is 10.6. The minimum Gasteiger partial charge on any atom is -0.372 e. The molecule has 0 spiro atoms. The summed E-state index contributed by atoms with van der Waals surface area (Å²) in [6.45, 7) is 2.04. The lowest BCUT2D eigenvalue weighted by molar-refractivity contribution is 0.385. The van der Waals surface area contributed by atoms with Crippen LogP contribution in [-0.2, 0) is 0 Å². The molecule has 0 aromatic carbocycles. The van der Waals surface area contributed by atoms with E-state index in [4.69, 9.17) is 12.2 Å². The number of thiophene rings is 1. The van der Waals surface area contributed by atoms with E-state index in [0.29, 0.717) is 6.04 Å². The van der Waals surface area contributed by atoms with Gasteiger partial charge in [-0.15, -0.1) is 22.7 Å². The van der Waals surface area contributed by atoms with E-state index in [-0.39, 0.29) is 0 Å². The Morgan fingerprint density at radius 2 is 2.31 bits per heavy atom. The zero-order valence-electron chi connectivity index (χ0n) is 8.95. The number of nitrogens with zero attached hydrogens (tertiary/aromatic N) is 1. The van der Waals surface area contributed by atoms with Gasteiger partial charge >= 0.3 is 0 Å². The minimum absolute atomic E-state index is 0.613. The second kappa shape index (κ2) is 4.05. The first-order chi connectivity index (χ1) is 7.72. The summed E-state index contributed by atoms with van der Waals surface area (Å²) in [4.78, 5) is 7.66. The summed E-state index contributed by atoms with van der Waals surface area (Å²) in [6.07, 6.45) is 3.86. The topological polar surface area (TPSA) is 24.9 Å². The third-order valence-electron chi connectivity index (χ3n) is 2.86. The number of thiocarbonyl (C=S) groups is 1. The number of nitrogens with one attached hydrogen (secondary N) is 1. The quantitative estimate of drug-likeness (QED) is 0.844. The number of thiazole rings is 1. The lowest BCUT2D eigenvalue weighted by atomic mass is 9.93. The standard InChI is InChI=1S/C11H12N2S3/c1-6-12-11-9(15-6)5-8(16-11)10(14)13-7-3-2-4-7/h5,7H,2-4H2,1H3,(H,13,14). The van der Waals surface area contributed by atoms with Gasteiger partial charge in [0.2, 0.25) is 0 Å². The number of aromatic nitrogens is 1. The monoisotopic (exact) mass is 268 g/mol. The number of fused-ring (bicyclic) bond motifs is 1. The van der Waals surface area contributed by atoms with Crippen molar-refractivity contribution in [2.45, 2.75) is 32.2 Å². The summed E-state index contributed by atoms with van der Waals surface area (Å²) in [6, 6.07) is 2.78. The molecule has 0 aliphatic heterocycles. The van der Waals surface area contributed by atoms with Crippen molar-refractivity contribution >= 4 is 49.4 Å². The molecule has 2 nitrogen and oxygen atoms in total. The van der Waals surface area contributed by atoms with Crippen LogP contribution in [0.1, 0.15) is 29.1 Å². The molecule has 2 aromatic rings. The second-order valence-electron chi connectivity index (χ2n) is 4.11. The second-order valence-corrected chi connectivity index (χ2v) is 6.79. The van der Waals surface area contributed by atoms with Gasteiger partial charge in [-0.05, 0) is 32.3 Å². The Bertz CT molecular complexity index is 505. The number of rotatable bonds is 2. The van der Waals surface area contributed by atoms with E-state index in [9.17, 15) is 0 Å². The fourth-order valence-electron chi connectivity index (χ4n) is 1.76. The van der Waals surface area contributed by atoms with Crippen molar-refractivity contribution in [1.82, 2.24) is 10.3 Å². The van der Waals surface area contributed by atoms with Gasteiger partial charge in [-0.2, -0.15) is 0 Å². The Kier molecular flexibility index (Phi) is 2.69. The molecule has 2 heterocycles. The summed E-state index contributed by atoms with van der Waals surface area (Å²) >= 11 is 8.85. The Morgan fingerprint density at radius 1 is 1.50 bits per heavy atom. The third kappa shape index (κ3) is 1.87. The molecule has 5 heteroatoms. The Balaban J connectivity index is 1.81. The summed E-state index contributed by atoms with van der Waals surface area (Å²) in [5.74, 6) is 0. The molecule has 0 radical (unpaired) electrons. The van der Waals surface area contributed by atoms with Crippen LogP contribution in [0, 0.1) is 6.92 Å². The third-order valence-corrected chi connectivity index (χ3v) is 5.42. The van der Waals surface area contributed by atoms with Gasteiger partial charge in [0.15, 0.2) is 0 Å². The van der Waals surface area contributed by atoms with Crippen LogP contribution >= 0.6 is 34.9 Å². The maximum atomic E-state index is 5.41. The molecule has 1 aliphatic carbocycles. The van der Waals surface area contributed by atoms with E-state index in [1.165, 1.54) is 24.0 Å². The normalized spacial score (nSPS) is 16.3. The van der Waals surface area contributed by atoms with Crippen LogP contribution < -0.4 is 5.32 Å². The van der Waals surface area contributed by atoms with Crippen molar-refractivity contribution < 1.29 is 0 Å².